The second kappa shape index (κ2) is 3.61. The fraction of sp³-hybridized carbons (Fsp3) is 0.286. The average molecular weight is 223 g/mol. The highest BCUT2D eigenvalue weighted by molar-refractivity contribution is 5.49. The monoisotopic (exact) mass is 223 g/mol. The van der Waals surface area contributed by atoms with Gasteiger partial charge in [-0.1, -0.05) is 0 Å². The maximum Gasteiger partial charge on any atom is 0.343 e. The van der Waals surface area contributed by atoms with Crippen molar-refractivity contribution in [1.29, 1.82) is 0 Å². The van der Waals surface area contributed by atoms with Gasteiger partial charge in [-0.25, -0.2) is 9.55 Å². The molecule has 0 aliphatic rings. The molecule has 9 nitrogen and oxygen atoms in total. The van der Waals surface area contributed by atoms with Crippen molar-refractivity contribution in [2.75, 3.05) is 12.4 Å². The summed E-state index contributed by atoms with van der Waals surface area (Å²) in [7, 11) is 3.23. The minimum atomic E-state index is -0.508. The Kier molecular flexibility index (Phi) is 2.27. The van der Waals surface area contributed by atoms with Crippen molar-refractivity contribution in [2.45, 2.75) is 0 Å². The first-order chi connectivity index (χ1) is 7.63. The van der Waals surface area contributed by atoms with Crippen molar-refractivity contribution in [3.05, 3.63) is 16.3 Å². The van der Waals surface area contributed by atoms with Gasteiger partial charge in [0.1, 0.15) is 6.20 Å². The Labute approximate surface area is 89.7 Å². The summed E-state index contributed by atoms with van der Waals surface area (Å²) in [5, 5.41) is 21.0. The summed E-state index contributed by atoms with van der Waals surface area (Å²) in [5.74, 6) is 1.11. The van der Waals surface area contributed by atoms with E-state index in [0.29, 0.717) is 17.6 Å². The van der Waals surface area contributed by atoms with E-state index in [1.165, 1.54) is 10.8 Å². The lowest BCUT2D eigenvalue weighted by atomic mass is 10.5. The molecule has 0 aromatic carbocycles. The van der Waals surface area contributed by atoms with Crippen LogP contribution in [0, 0.1) is 10.1 Å². The van der Waals surface area contributed by atoms with Gasteiger partial charge in [0.05, 0.1) is 7.05 Å². The molecule has 9 heteroatoms. The number of H-pyrrole nitrogens is 1. The fourth-order valence-corrected chi connectivity index (χ4v) is 1.27. The molecule has 0 atom stereocenters. The van der Waals surface area contributed by atoms with Crippen LogP contribution in [0.25, 0.3) is 11.6 Å². The Hall–Kier alpha value is -2.45. The zero-order valence-corrected chi connectivity index (χ0v) is 8.63. The predicted octanol–water partition coefficient (Wildman–Crippen LogP) is 0.155. The Balaban J connectivity index is 2.44. The molecular formula is C7H9N7O2. The fourth-order valence-electron chi connectivity index (χ4n) is 1.27. The standard InChI is InChI=1S/C7H9N7O2/c1-8-7-10-5(11-12-7)6-9-3-4(13(6)2)14(15)16/h3H,1-2H3,(H2,8,10,11,12). The minimum absolute atomic E-state index is 0.0996. The summed E-state index contributed by atoms with van der Waals surface area (Å²) in [6, 6.07) is 0. The third-order valence-electron chi connectivity index (χ3n) is 2.09. The minimum Gasteiger partial charge on any atom is -0.358 e. The number of rotatable bonds is 3. The van der Waals surface area contributed by atoms with Crippen LogP contribution in [0.4, 0.5) is 11.8 Å². The Bertz CT molecular complexity index is 529. The molecule has 0 radical (unpaired) electrons. The molecule has 0 fully saturated rings. The van der Waals surface area contributed by atoms with Crippen molar-refractivity contribution in [3.63, 3.8) is 0 Å². The SMILES string of the molecule is CNc1nnc(-c2ncc([N+](=O)[O-])n2C)[nH]1. The van der Waals surface area contributed by atoms with E-state index in [1.54, 1.807) is 14.1 Å². The van der Waals surface area contributed by atoms with Crippen LogP contribution in [0.15, 0.2) is 6.20 Å². The van der Waals surface area contributed by atoms with Gasteiger partial charge in [-0.3, -0.25) is 0 Å². The van der Waals surface area contributed by atoms with Gasteiger partial charge in [-0.2, -0.15) is 0 Å². The van der Waals surface area contributed by atoms with E-state index >= 15 is 0 Å². The van der Waals surface area contributed by atoms with E-state index in [9.17, 15) is 10.1 Å². The van der Waals surface area contributed by atoms with Crippen LogP contribution in [-0.2, 0) is 7.05 Å². The quantitative estimate of drug-likeness (QED) is 0.565. The number of nitro groups is 1. The Morgan fingerprint density at radius 1 is 1.56 bits per heavy atom. The van der Waals surface area contributed by atoms with Gasteiger partial charge in [-0.05, 0) is 4.92 Å². The summed E-state index contributed by atoms with van der Waals surface area (Å²) in [5.41, 5.74) is 0. The molecule has 2 N–H and O–H groups in total. The lowest BCUT2D eigenvalue weighted by Gasteiger charge is -1.94. The molecule has 0 aliphatic heterocycles. The average Bonchev–Trinajstić information content (AvgIpc) is 2.83. The molecule has 2 heterocycles. The van der Waals surface area contributed by atoms with E-state index in [1.807, 2.05) is 0 Å². The van der Waals surface area contributed by atoms with Crippen LogP contribution in [-0.4, -0.2) is 36.7 Å². The molecule has 84 valence electrons. The first-order valence-corrected chi connectivity index (χ1v) is 4.40. The predicted molar refractivity (Wildman–Crippen MR) is 54.8 cm³/mol. The largest absolute Gasteiger partial charge is 0.358 e. The third kappa shape index (κ3) is 1.47. The molecule has 2 rings (SSSR count). The van der Waals surface area contributed by atoms with E-state index in [-0.39, 0.29) is 5.82 Å². The van der Waals surface area contributed by atoms with Gasteiger partial charge in [0, 0.05) is 7.05 Å². The van der Waals surface area contributed by atoms with Crippen LogP contribution < -0.4 is 5.32 Å². The number of nitrogens with one attached hydrogen (secondary N) is 2. The van der Waals surface area contributed by atoms with Gasteiger partial charge in [0.2, 0.25) is 11.8 Å². The molecule has 0 aliphatic carbocycles. The second-order valence-corrected chi connectivity index (χ2v) is 3.03. The zero-order valence-electron chi connectivity index (χ0n) is 8.63. The molecule has 0 spiro atoms. The highest BCUT2D eigenvalue weighted by Crippen LogP contribution is 2.19. The van der Waals surface area contributed by atoms with Crippen LogP contribution in [0.1, 0.15) is 0 Å². The smallest absolute Gasteiger partial charge is 0.343 e. The molecule has 0 amide bonds. The van der Waals surface area contributed by atoms with Crippen molar-refractivity contribution in [1.82, 2.24) is 24.7 Å². The number of hydrogen-bond acceptors (Lipinski definition) is 6. The van der Waals surface area contributed by atoms with E-state index in [4.69, 9.17) is 0 Å². The van der Waals surface area contributed by atoms with Crippen LogP contribution in [0.3, 0.4) is 0 Å². The van der Waals surface area contributed by atoms with Gasteiger partial charge in [-0.15, -0.1) is 10.2 Å². The molecule has 0 saturated heterocycles. The molecule has 2 aromatic rings. The lowest BCUT2D eigenvalue weighted by Crippen LogP contribution is -1.99. The number of hydrogen-bond donors (Lipinski definition) is 2. The van der Waals surface area contributed by atoms with E-state index < -0.39 is 4.92 Å². The van der Waals surface area contributed by atoms with Gasteiger partial charge in [0.15, 0.2) is 0 Å². The third-order valence-corrected chi connectivity index (χ3v) is 2.09. The van der Waals surface area contributed by atoms with Crippen LogP contribution in [0.5, 0.6) is 0 Å². The first kappa shape index (κ1) is 10.1. The highest BCUT2D eigenvalue weighted by atomic mass is 16.6. The Morgan fingerprint density at radius 3 is 2.81 bits per heavy atom. The molecule has 0 unspecified atom stereocenters. The molecule has 16 heavy (non-hydrogen) atoms. The molecular weight excluding hydrogens is 214 g/mol. The number of nitrogens with zero attached hydrogens (tertiary/aromatic N) is 5. The molecule has 0 saturated carbocycles. The van der Waals surface area contributed by atoms with E-state index in [0.717, 1.165) is 0 Å². The number of imidazole rings is 1. The maximum atomic E-state index is 10.6. The normalized spacial score (nSPS) is 10.4. The topological polar surface area (TPSA) is 115 Å². The maximum absolute atomic E-state index is 10.6. The second-order valence-electron chi connectivity index (χ2n) is 3.03. The highest BCUT2D eigenvalue weighted by Gasteiger charge is 2.20. The van der Waals surface area contributed by atoms with Crippen LogP contribution in [0.2, 0.25) is 0 Å². The zero-order chi connectivity index (χ0) is 11.7. The molecule has 0 bridgehead atoms. The number of anilines is 1. The first-order valence-electron chi connectivity index (χ1n) is 4.40. The number of aromatic nitrogens is 5. The molecule has 2 aromatic heterocycles. The van der Waals surface area contributed by atoms with E-state index in [2.05, 4.69) is 25.5 Å². The Morgan fingerprint density at radius 2 is 2.31 bits per heavy atom. The van der Waals surface area contributed by atoms with Crippen molar-refractivity contribution in [2.24, 2.45) is 7.05 Å². The van der Waals surface area contributed by atoms with Crippen molar-refractivity contribution < 1.29 is 4.92 Å². The van der Waals surface area contributed by atoms with Crippen molar-refractivity contribution >= 4 is 11.8 Å². The van der Waals surface area contributed by atoms with Gasteiger partial charge in [0.25, 0.3) is 5.82 Å². The summed E-state index contributed by atoms with van der Waals surface area (Å²) in [6.45, 7) is 0. The lowest BCUT2D eigenvalue weighted by molar-refractivity contribution is -0.391. The summed E-state index contributed by atoms with van der Waals surface area (Å²) >= 11 is 0. The number of aromatic amines is 1. The summed E-state index contributed by atoms with van der Waals surface area (Å²) < 4.78 is 1.33. The van der Waals surface area contributed by atoms with Gasteiger partial charge < -0.3 is 20.4 Å². The summed E-state index contributed by atoms with van der Waals surface area (Å²) in [4.78, 5) is 16.9. The van der Waals surface area contributed by atoms with Crippen LogP contribution >= 0.6 is 0 Å². The summed E-state index contributed by atoms with van der Waals surface area (Å²) in [6.07, 6.45) is 1.18. The van der Waals surface area contributed by atoms with Gasteiger partial charge >= 0.3 is 5.82 Å². The van der Waals surface area contributed by atoms with Crippen molar-refractivity contribution in [3.8, 4) is 11.6 Å².